The van der Waals surface area contributed by atoms with Crippen molar-refractivity contribution in [1.82, 2.24) is 15.6 Å². The third-order valence-electron chi connectivity index (χ3n) is 4.18. The lowest BCUT2D eigenvalue weighted by atomic mass is 10.0. The Hall–Kier alpha value is -2.81. The predicted octanol–water partition coefficient (Wildman–Crippen LogP) is 3.74. The molecule has 0 bridgehead atoms. The summed E-state index contributed by atoms with van der Waals surface area (Å²) >= 11 is 6.02. The minimum Gasteiger partial charge on any atom is -0.368 e. The zero-order valence-electron chi connectivity index (χ0n) is 16.4. The van der Waals surface area contributed by atoms with Crippen LogP contribution in [-0.2, 0) is 11.0 Å². The van der Waals surface area contributed by atoms with Crippen molar-refractivity contribution in [2.45, 2.75) is 26.1 Å². The smallest absolute Gasteiger partial charge is 0.368 e. The molecule has 162 valence electrons. The Morgan fingerprint density at radius 1 is 1.10 bits per heavy atom. The summed E-state index contributed by atoms with van der Waals surface area (Å²) in [6.45, 7) is 4.02. The lowest BCUT2D eigenvalue weighted by molar-refractivity contribution is -0.137. The van der Waals surface area contributed by atoms with Crippen LogP contribution >= 0.6 is 11.6 Å². The standard InChI is InChI=1S/C20H22ClF3N4O2/c1-12(2)17(28-18(29)14-5-3-4-6-15(14)21)19(30)26-10-9-25-16-8-7-13(11-27-16)20(22,23)24/h3-8,11-12,17H,9-10H2,1-2H3,(H,25,27)(H,26,30)(H,28,29). The summed E-state index contributed by atoms with van der Waals surface area (Å²) in [5.41, 5.74) is -0.567. The normalized spacial score (nSPS) is 12.4. The molecule has 6 nitrogen and oxygen atoms in total. The molecule has 1 atom stereocenters. The number of hydrogen-bond donors (Lipinski definition) is 3. The third-order valence-corrected chi connectivity index (χ3v) is 4.50. The summed E-state index contributed by atoms with van der Waals surface area (Å²) in [5.74, 6) is -0.764. The van der Waals surface area contributed by atoms with Crippen LogP contribution in [0.5, 0.6) is 0 Å². The molecular formula is C20H22ClF3N4O2. The number of amides is 2. The summed E-state index contributed by atoms with van der Waals surface area (Å²) in [4.78, 5) is 28.6. The Labute approximate surface area is 177 Å². The maximum absolute atomic E-state index is 12.5. The van der Waals surface area contributed by atoms with E-state index >= 15 is 0 Å². The Morgan fingerprint density at radius 3 is 2.37 bits per heavy atom. The Balaban J connectivity index is 1.85. The minimum absolute atomic E-state index is 0.180. The number of nitrogens with one attached hydrogen (secondary N) is 3. The minimum atomic E-state index is -4.44. The van der Waals surface area contributed by atoms with E-state index in [1.807, 2.05) is 0 Å². The Bertz CT molecular complexity index is 873. The highest BCUT2D eigenvalue weighted by molar-refractivity contribution is 6.33. The van der Waals surface area contributed by atoms with Gasteiger partial charge in [-0.05, 0) is 30.2 Å². The molecule has 1 unspecified atom stereocenters. The molecule has 0 saturated heterocycles. The number of halogens is 4. The van der Waals surface area contributed by atoms with E-state index in [0.29, 0.717) is 0 Å². The first-order valence-corrected chi connectivity index (χ1v) is 9.57. The lowest BCUT2D eigenvalue weighted by Crippen LogP contribution is -2.50. The van der Waals surface area contributed by atoms with E-state index in [1.165, 1.54) is 6.07 Å². The van der Waals surface area contributed by atoms with Crippen molar-refractivity contribution >= 4 is 29.2 Å². The largest absolute Gasteiger partial charge is 0.417 e. The predicted molar refractivity (Wildman–Crippen MR) is 108 cm³/mol. The van der Waals surface area contributed by atoms with Gasteiger partial charge in [0, 0.05) is 19.3 Å². The molecule has 0 fully saturated rings. The molecule has 0 aliphatic rings. The van der Waals surface area contributed by atoms with Crippen molar-refractivity contribution in [1.29, 1.82) is 0 Å². The molecule has 2 rings (SSSR count). The van der Waals surface area contributed by atoms with Crippen LogP contribution in [0.4, 0.5) is 19.0 Å². The van der Waals surface area contributed by atoms with Gasteiger partial charge < -0.3 is 16.0 Å². The molecule has 0 spiro atoms. The maximum atomic E-state index is 12.5. The van der Waals surface area contributed by atoms with Gasteiger partial charge in [-0.2, -0.15) is 13.2 Å². The van der Waals surface area contributed by atoms with Gasteiger partial charge in [0.1, 0.15) is 11.9 Å². The number of hydrogen-bond acceptors (Lipinski definition) is 4. The quantitative estimate of drug-likeness (QED) is 0.544. The Morgan fingerprint density at radius 2 is 1.80 bits per heavy atom. The second-order valence-corrected chi connectivity index (χ2v) is 7.23. The number of benzene rings is 1. The van der Waals surface area contributed by atoms with Gasteiger partial charge in [-0.1, -0.05) is 37.6 Å². The summed E-state index contributed by atoms with van der Waals surface area (Å²) in [6.07, 6.45) is -3.71. The van der Waals surface area contributed by atoms with Crippen molar-refractivity contribution in [2.24, 2.45) is 5.92 Å². The average Bonchev–Trinajstić information content (AvgIpc) is 2.69. The molecule has 2 aromatic rings. The van der Waals surface area contributed by atoms with E-state index in [9.17, 15) is 22.8 Å². The first-order chi connectivity index (χ1) is 14.1. The number of alkyl halides is 3. The van der Waals surface area contributed by atoms with Crippen molar-refractivity contribution in [2.75, 3.05) is 18.4 Å². The van der Waals surface area contributed by atoms with Gasteiger partial charge in [-0.3, -0.25) is 9.59 Å². The first kappa shape index (κ1) is 23.5. The van der Waals surface area contributed by atoms with Gasteiger partial charge in [-0.25, -0.2) is 4.98 Å². The van der Waals surface area contributed by atoms with Crippen LogP contribution in [0, 0.1) is 5.92 Å². The lowest BCUT2D eigenvalue weighted by Gasteiger charge is -2.22. The molecule has 10 heteroatoms. The van der Waals surface area contributed by atoms with Gasteiger partial charge >= 0.3 is 6.18 Å². The Kier molecular flexibility index (Phi) is 8.05. The van der Waals surface area contributed by atoms with Gasteiger partial charge in [0.2, 0.25) is 5.91 Å². The number of carbonyl (C=O) groups excluding carboxylic acids is 2. The number of carbonyl (C=O) groups is 2. The van der Waals surface area contributed by atoms with E-state index in [-0.39, 0.29) is 41.3 Å². The van der Waals surface area contributed by atoms with Crippen LogP contribution < -0.4 is 16.0 Å². The fraction of sp³-hybridized carbons (Fsp3) is 0.350. The molecule has 1 aromatic carbocycles. The fourth-order valence-corrected chi connectivity index (χ4v) is 2.77. The number of pyridine rings is 1. The van der Waals surface area contributed by atoms with Crippen LogP contribution in [0.15, 0.2) is 42.6 Å². The molecule has 2 amide bonds. The highest BCUT2D eigenvalue weighted by Crippen LogP contribution is 2.28. The van der Waals surface area contributed by atoms with E-state index in [4.69, 9.17) is 11.6 Å². The molecule has 30 heavy (non-hydrogen) atoms. The summed E-state index contributed by atoms with van der Waals surface area (Å²) in [6, 6.07) is 7.88. The molecular weight excluding hydrogens is 421 g/mol. The molecule has 0 radical (unpaired) electrons. The average molecular weight is 443 g/mol. The monoisotopic (exact) mass is 442 g/mol. The molecule has 0 saturated carbocycles. The highest BCUT2D eigenvalue weighted by Gasteiger charge is 2.30. The van der Waals surface area contributed by atoms with Gasteiger partial charge in [-0.15, -0.1) is 0 Å². The molecule has 1 aromatic heterocycles. The van der Waals surface area contributed by atoms with E-state index < -0.39 is 23.7 Å². The zero-order valence-corrected chi connectivity index (χ0v) is 17.1. The SMILES string of the molecule is CC(C)C(NC(=O)c1ccccc1Cl)C(=O)NCCNc1ccc(C(F)(F)F)cn1. The van der Waals surface area contributed by atoms with Crippen molar-refractivity contribution in [3.8, 4) is 0 Å². The highest BCUT2D eigenvalue weighted by atomic mass is 35.5. The van der Waals surface area contributed by atoms with Crippen LogP contribution in [-0.4, -0.2) is 35.9 Å². The van der Waals surface area contributed by atoms with Crippen LogP contribution in [0.3, 0.4) is 0 Å². The summed E-state index contributed by atoms with van der Waals surface area (Å²) in [7, 11) is 0. The van der Waals surface area contributed by atoms with Gasteiger partial charge in [0.15, 0.2) is 0 Å². The summed E-state index contributed by atoms with van der Waals surface area (Å²) in [5, 5.41) is 8.47. The van der Waals surface area contributed by atoms with E-state index in [0.717, 1.165) is 12.3 Å². The number of aromatic nitrogens is 1. The van der Waals surface area contributed by atoms with Crippen molar-refractivity contribution in [3.05, 3.63) is 58.7 Å². The number of nitrogens with zero attached hydrogens (tertiary/aromatic N) is 1. The van der Waals surface area contributed by atoms with Crippen LogP contribution in [0.2, 0.25) is 5.02 Å². The fourth-order valence-electron chi connectivity index (χ4n) is 2.55. The maximum Gasteiger partial charge on any atom is 0.417 e. The zero-order chi connectivity index (χ0) is 22.3. The second kappa shape index (κ2) is 10.3. The van der Waals surface area contributed by atoms with Crippen LogP contribution in [0.25, 0.3) is 0 Å². The van der Waals surface area contributed by atoms with Gasteiger partial charge in [0.25, 0.3) is 5.91 Å². The first-order valence-electron chi connectivity index (χ1n) is 9.20. The third kappa shape index (κ3) is 6.62. The number of rotatable bonds is 8. The van der Waals surface area contributed by atoms with Crippen molar-refractivity contribution < 1.29 is 22.8 Å². The topological polar surface area (TPSA) is 83.1 Å². The second-order valence-electron chi connectivity index (χ2n) is 6.82. The van der Waals surface area contributed by atoms with Crippen molar-refractivity contribution in [3.63, 3.8) is 0 Å². The molecule has 0 aliphatic heterocycles. The molecule has 0 aliphatic carbocycles. The van der Waals surface area contributed by atoms with Gasteiger partial charge in [0.05, 0.1) is 16.1 Å². The van der Waals surface area contributed by atoms with Crippen LogP contribution in [0.1, 0.15) is 29.8 Å². The molecule has 1 heterocycles. The van der Waals surface area contributed by atoms with E-state index in [1.54, 1.807) is 38.1 Å². The molecule has 3 N–H and O–H groups in total. The van der Waals surface area contributed by atoms with E-state index in [2.05, 4.69) is 20.9 Å². The number of anilines is 1. The summed E-state index contributed by atoms with van der Waals surface area (Å²) < 4.78 is 37.6.